The molecule has 0 bridgehead atoms. The van der Waals surface area contributed by atoms with Gasteiger partial charge in [0.25, 0.3) is 5.91 Å². The third-order valence-electron chi connectivity index (χ3n) is 12.6. The highest BCUT2D eigenvalue weighted by atomic mass is 35.5. The van der Waals surface area contributed by atoms with Crippen LogP contribution in [0.25, 0.3) is 0 Å². The molecule has 0 aliphatic carbocycles. The van der Waals surface area contributed by atoms with Crippen LogP contribution in [-0.4, -0.2) is 49.0 Å². The highest BCUT2D eigenvalue weighted by Crippen LogP contribution is 2.29. The van der Waals surface area contributed by atoms with Gasteiger partial charge in [-0.05, 0) is 106 Å². The van der Waals surface area contributed by atoms with E-state index in [1.807, 2.05) is 52.0 Å². The summed E-state index contributed by atoms with van der Waals surface area (Å²) in [7, 11) is 0. The molecule has 400 valence electrons. The molecule has 5 aromatic heterocycles. The molecule has 0 aliphatic heterocycles. The Labute approximate surface area is 442 Å². The fourth-order valence-electron chi connectivity index (χ4n) is 7.50. The Hall–Kier alpha value is -6.72. The largest absolute Gasteiger partial charge is 0.365 e. The zero-order valence-electron chi connectivity index (χ0n) is 45.5. The molecule has 7 N–H and O–H groups in total. The summed E-state index contributed by atoms with van der Waals surface area (Å²) in [4.78, 5) is 33.1. The zero-order valence-corrected chi connectivity index (χ0v) is 46.3. The zero-order chi connectivity index (χ0) is 55.2. The normalized spacial score (nSPS) is 12.1. The lowest BCUT2D eigenvalue weighted by molar-refractivity contribution is 0.100. The SMILES string of the molecule is CCCC[C@@H](Nc1nc(Cl)c(C#N)cc1F)C(C)C.CCCC[C@@H](Nc1nc(Nc2cnc(C)c(C)c2)c(C#N)cc1F)C(C)C.CCCC[C@@H](Nc1nc(Nc2cnc(C)c(C)c2)c(C(N)=O)cc1F)C(C)C. The molecule has 0 unspecified atom stereocenters. The number of nitriles is 2. The summed E-state index contributed by atoms with van der Waals surface area (Å²) in [5.74, 6) is -0.450. The molecule has 0 aliphatic rings. The Kier molecular flexibility index (Phi) is 25.4. The predicted octanol–water partition coefficient (Wildman–Crippen LogP) is 14.5. The Balaban J connectivity index is 0.000000299. The number of halogens is 4. The summed E-state index contributed by atoms with van der Waals surface area (Å²) in [6, 6.07) is 11.5. The lowest BCUT2D eigenvalue weighted by Crippen LogP contribution is -2.27. The van der Waals surface area contributed by atoms with Crippen molar-refractivity contribution < 1.29 is 18.0 Å². The molecule has 0 aromatic carbocycles. The number of nitrogens with two attached hydrogens (primary N) is 1. The smallest absolute Gasteiger partial charge is 0.252 e. The number of aryl methyl sites for hydroxylation is 4. The van der Waals surface area contributed by atoms with Crippen LogP contribution in [0.5, 0.6) is 0 Å². The fraction of sp³-hybridized carbons (Fsp3) is 0.500. The Morgan fingerprint density at radius 1 is 0.581 bits per heavy atom. The van der Waals surface area contributed by atoms with Crippen molar-refractivity contribution >= 4 is 58.0 Å². The van der Waals surface area contributed by atoms with Gasteiger partial charge in [0.15, 0.2) is 40.7 Å². The standard InChI is InChI=1S/C21H30FN5O.C21H28FN5.C14H19ClFN3/c1-6-7-8-18(12(2)3)26-21-17(22)10-16(19(23)28)20(27-21)25-15-9-13(4)14(5)24-11-15;1-6-7-8-19(13(2)3)26-21-18(22)10-16(11-23)20(27-21)25-17-9-14(4)15(5)24-12-17;1-4-5-6-12(9(2)3)18-14-11(16)7-10(8-17)13(15)19-14/h9-12,18H,6-8H2,1-5H3,(H2,23,28)(H2,25,26,27);9-10,12-13,19H,6-8H2,1-5H3,(H2,25,26,27);7,9,12H,4-6H2,1-3H3,(H,18,19)/t18-;19-;12-/m111/s1. The number of aromatic nitrogens is 5. The van der Waals surface area contributed by atoms with Crippen LogP contribution < -0.4 is 32.3 Å². The second kappa shape index (κ2) is 30.5. The van der Waals surface area contributed by atoms with Gasteiger partial charge >= 0.3 is 0 Å². The van der Waals surface area contributed by atoms with Crippen molar-refractivity contribution in [1.82, 2.24) is 24.9 Å². The first kappa shape index (κ1) is 61.6. The number of carbonyl (C=O) groups is 1. The molecule has 0 saturated heterocycles. The van der Waals surface area contributed by atoms with Gasteiger partial charge in [-0.15, -0.1) is 0 Å². The highest BCUT2D eigenvalue weighted by Gasteiger charge is 2.22. The number of anilines is 7. The minimum Gasteiger partial charge on any atom is -0.365 e. The van der Waals surface area contributed by atoms with Gasteiger partial charge in [0, 0.05) is 29.5 Å². The van der Waals surface area contributed by atoms with Crippen LogP contribution in [0, 0.1) is 85.6 Å². The maximum absolute atomic E-state index is 14.6. The van der Waals surface area contributed by atoms with Gasteiger partial charge in [0.1, 0.15) is 23.1 Å². The molecule has 3 atom stereocenters. The van der Waals surface area contributed by atoms with Gasteiger partial charge in [-0.3, -0.25) is 14.8 Å². The van der Waals surface area contributed by atoms with Gasteiger partial charge in [0.05, 0.1) is 40.5 Å². The van der Waals surface area contributed by atoms with Gasteiger partial charge in [-0.25, -0.2) is 28.1 Å². The van der Waals surface area contributed by atoms with Crippen LogP contribution in [0.2, 0.25) is 5.15 Å². The van der Waals surface area contributed by atoms with Gasteiger partial charge < -0.3 is 32.3 Å². The van der Waals surface area contributed by atoms with Crippen LogP contribution in [0.15, 0.2) is 42.7 Å². The van der Waals surface area contributed by atoms with E-state index in [-0.39, 0.29) is 63.2 Å². The molecule has 18 heteroatoms. The third-order valence-corrected chi connectivity index (χ3v) is 12.9. The second-order valence-electron chi connectivity index (χ2n) is 19.6. The maximum atomic E-state index is 14.6. The molecule has 5 aromatic rings. The number of nitrogens with one attached hydrogen (secondary N) is 5. The number of carbonyl (C=O) groups excluding carboxylic acids is 1. The topological polar surface area (TPSA) is 215 Å². The molecule has 0 saturated carbocycles. The van der Waals surface area contributed by atoms with E-state index < -0.39 is 23.4 Å². The van der Waals surface area contributed by atoms with Crippen LogP contribution in [0.4, 0.5) is 53.6 Å². The first-order valence-electron chi connectivity index (χ1n) is 25.6. The summed E-state index contributed by atoms with van der Waals surface area (Å²) < 4.78 is 43.0. The summed E-state index contributed by atoms with van der Waals surface area (Å²) >= 11 is 5.83. The van der Waals surface area contributed by atoms with Crippen molar-refractivity contribution in [1.29, 1.82) is 10.5 Å². The molecule has 5 rings (SSSR count). The summed E-state index contributed by atoms with van der Waals surface area (Å²) in [6.07, 6.45) is 12.5. The van der Waals surface area contributed by atoms with E-state index in [2.05, 4.69) is 114 Å². The number of unbranched alkanes of at least 4 members (excludes halogenated alkanes) is 3. The molecular formula is C56H77ClF3N13O. The van der Waals surface area contributed by atoms with Crippen molar-refractivity contribution in [3.8, 4) is 12.1 Å². The minimum atomic E-state index is -0.747. The number of amides is 1. The van der Waals surface area contributed by atoms with Crippen LogP contribution in [0.1, 0.15) is 164 Å². The van der Waals surface area contributed by atoms with E-state index in [1.165, 1.54) is 6.07 Å². The monoisotopic (exact) mass is 1040 g/mol. The van der Waals surface area contributed by atoms with Crippen molar-refractivity contribution in [2.75, 3.05) is 26.6 Å². The average Bonchev–Trinajstić information content (AvgIpc) is 3.35. The van der Waals surface area contributed by atoms with Crippen molar-refractivity contribution in [3.63, 3.8) is 0 Å². The summed E-state index contributed by atoms with van der Waals surface area (Å²) in [5, 5.41) is 33.8. The van der Waals surface area contributed by atoms with E-state index in [0.717, 1.165) is 92.4 Å². The number of pyridine rings is 5. The van der Waals surface area contributed by atoms with E-state index in [0.29, 0.717) is 34.9 Å². The fourth-order valence-corrected chi connectivity index (χ4v) is 7.68. The van der Waals surface area contributed by atoms with Gasteiger partial charge in [-0.1, -0.05) is 112 Å². The average molecular weight is 1040 g/mol. The number of rotatable bonds is 23. The van der Waals surface area contributed by atoms with Crippen molar-refractivity contribution in [2.24, 2.45) is 23.5 Å². The Bertz CT molecular complexity index is 2700. The summed E-state index contributed by atoms with van der Waals surface area (Å²) in [6.45, 7) is 26.7. The number of nitrogens with zero attached hydrogens (tertiary/aromatic N) is 7. The number of primary amides is 1. The van der Waals surface area contributed by atoms with E-state index >= 15 is 0 Å². The van der Waals surface area contributed by atoms with Crippen LogP contribution in [0.3, 0.4) is 0 Å². The first-order chi connectivity index (χ1) is 35.1. The Morgan fingerprint density at radius 2 is 0.946 bits per heavy atom. The van der Waals surface area contributed by atoms with Gasteiger partial charge in [-0.2, -0.15) is 10.5 Å². The molecule has 0 spiro atoms. The third kappa shape index (κ3) is 19.0. The molecule has 0 fully saturated rings. The lowest BCUT2D eigenvalue weighted by Gasteiger charge is -2.24. The Morgan fingerprint density at radius 3 is 1.31 bits per heavy atom. The molecule has 5 heterocycles. The minimum absolute atomic E-state index is 0.00377. The van der Waals surface area contributed by atoms with E-state index in [1.54, 1.807) is 12.4 Å². The van der Waals surface area contributed by atoms with E-state index in [4.69, 9.17) is 22.6 Å². The van der Waals surface area contributed by atoms with E-state index in [9.17, 15) is 23.2 Å². The quantitative estimate of drug-likeness (QED) is 0.0336. The van der Waals surface area contributed by atoms with Gasteiger partial charge in [0.2, 0.25) is 0 Å². The molecule has 14 nitrogen and oxygen atoms in total. The van der Waals surface area contributed by atoms with Crippen LogP contribution in [-0.2, 0) is 0 Å². The predicted molar refractivity (Wildman–Crippen MR) is 295 cm³/mol. The van der Waals surface area contributed by atoms with Crippen LogP contribution >= 0.6 is 11.6 Å². The van der Waals surface area contributed by atoms with Crippen molar-refractivity contribution in [2.45, 2.75) is 166 Å². The number of hydrogen-bond donors (Lipinski definition) is 6. The number of hydrogen-bond acceptors (Lipinski definition) is 13. The van der Waals surface area contributed by atoms with Crippen molar-refractivity contribution in [3.05, 3.63) is 105 Å². The summed E-state index contributed by atoms with van der Waals surface area (Å²) in [5.41, 5.74) is 10.9. The highest BCUT2D eigenvalue weighted by molar-refractivity contribution is 6.30. The second-order valence-corrected chi connectivity index (χ2v) is 19.9. The first-order valence-corrected chi connectivity index (χ1v) is 26.0. The lowest BCUT2D eigenvalue weighted by atomic mass is 9.98. The molecule has 1 amide bonds. The molecule has 0 radical (unpaired) electrons. The molecular weight excluding hydrogens is 963 g/mol. The molecule has 74 heavy (non-hydrogen) atoms. The maximum Gasteiger partial charge on any atom is 0.252 e.